The van der Waals surface area contributed by atoms with Crippen LogP contribution in [-0.4, -0.2) is 34.8 Å². The standard InChI is InChI=1S/C20H24N4OS/c1-4-23(3)16-10-8-9-15(13-16)21-19(25)14-26-20-22-17-11-6-7-12-18(17)24(20)5-2/h6-13H,4-5,14H2,1-3H3,(H,21,25). The van der Waals surface area contributed by atoms with Gasteiger partial charge in [-0.05, 0) is 44.2 Å². The van der Waals surface area contributed by atoms with E-state index in [1.807, 2.05) is 49.5 Å². The van der Waals surface area contributed by atoms with Gasteiger partial charge in [0.25, 0.3) is 0 Å². The molecule has 1 N–H and O–H groups in total. The summed E-state index contributed by atoms with van der Waals surface area (Å²) in [6, 6.07) is 16.0. The Labute approximate surface area is 158 Å². The van der Waals surface area contributed by atoms with E-state index in [2.05, 4.69) is 39.7 Å². The van der Waals surface area contributed by atoms with Crippen LogP contribution in [0.25, 0.3) is 11.0 Å². The Morgan fingerprint density at radius 3 is 2.77 bits per heavy atom. The number of aromatic nitrogens is 2. The number of carbonyl (C=O) groups excluding carboxylic acids is 1. The average molecular weight is 369 g/mol. The van der Waals surface area contributed by atoms with Crippen molar-refractivity contribution in [1.82, 2.24) is 9.55 Å². The fraction of sp³-hybridized carbons (Fsp3) is 0.300. The zero-order valence-electron chi connectivity index (χ0n) is 15.4. The molecule has 1 aromatic heterocycles. The van der Waals surface area contributed by atoms with Crippen molar-refractivity contribution in [3.05, 3.63) is 48.5 Å². The largest absolute Gasteiger partial charge is 0.375 e. The van der Waals surface area contributed by atoms with Gasteiger partial charge in [-0.2, -0.15) is 0 Å². The Balaban J connectivity index is 1.66. The van der Waals surface area contributed by atoms with Crippen LogP contribution in [0.3, 0.4) is 0 Å². The minimum atomic E-state index is -0.0268. The van der Waals surface area contributed by atoms with Gasteiger partial charge < -0.3 is 14.8 Å². The smallest absolute Gasteiger partial charge is 0.234 e. The van der Waals surface area contributed by atoms with Gasteiger partial charge in [0, 0.05) is 31.5 Å². The summed E-state index contributed by atoms with van der Waals surface area (Å²) < 4.78 is 2.14. The van der Waals surface area contributed by atoms with Crippen LogP contribution in [0.1, 0.15) is 13.8 Å². The van der Waals surface area contributed by atoms with Crippen LogP contribution in [0.2, 0.25) is 0 Å². The molecule has 0 aliphatic heterocycles. The third-order valence-electron chi connectivity index (χ3n) is 4.31. The molecule has 3 aromatic rings. The van der Waals surface area contributed by atoms with Gasteiger partial charge >= 0.3 is 0 Å². The van der Waals surface area contributed by atoms with Crippen molar-refractivity contribution in [3.8, 4) is 0 Å². The summed E-state index contributed by atoms with van der Waals surface area (Å²) in [7, 11) is 2.03. The third-order valence-corrected chi connectivity index (χ3v) is 5.29. The van der Waals surface area contributed by atoms with E-state index < -0.39 is 0 Å². The first-order chi connectivity index (χ1) is 12.6. The number of anilines is 2. The Morgan fingerprint density at radius 2 is 2.00 bits per heavy atom. The minimum Gasteiger partial charge on any atom is -0.375 e. The minimum absolute atomic E-state index is 0.0268. The number of fused-ring (bicyclic) bond motifs is 1. The lowest BCUT2D eigenvalue weighted by atomic mass is 10.2. The lowest BCUT2D eigenvalue weighted by molar-refractivity contribution is -0.113. The van der Waals surface area contributed by atoms with Crippen molar-refractivity contribution in [1.29, 1.82) is 0 Å². The third kappa shape index (κ3) is 4.02. The van der Waals surface area contributed by atoms with Crippen LogP contribution in [-0.2, 0) is 11.3 Å². The summed E-state index contributed by atoms with van der Waals surface area (Å²) in [5, 5.41) is 3.86. The summed E-state index contributed by atoms with van der Waals surface area (Å²) in [6.07, 6.45) is 0. The second-order valence-corrected chi connectivity index (χ2v) is 6.97. The molecule has 136 valence electrons. The number of nitrogens with zero attached hydrogens (tertiary/aromatic N) is 3. The number of hydrogen-bond donors (Lipinski definition) is 1. The van der Waals surface area contributed by atoms with Crippen LogP contribution < -0.4 is 10.2 Å². The van der Waals surface area contributed by atoms with Crippen molar-refractivity contribution < 1.29 is 4.79 Å². The normalized spacial score (nSPS) is 10.9. The van der Waals surface area contributed by atoms with Crippen molar-refractivity contribution >= 4 is 40.1 Å². The first-order valence-corrected chi connectivity index (χ1v) is 9.80. The number of aryl methyl sites for hydroxylation is 1. The molecule has 26 heavy (non-hydrogen) atoms. The molecule has 5 nitrogen and oxygen atoms in total. The molecule has 0 radical (unpaired) electrons. The fourth-order valence-electron chi connectivity index (χ4n) is 2.80. The maximum atomic E-state index is 12.4. The van der Waals surface area contributed by atoms with Crippen LogP contribution in [0.4, 0.5) is 11.4 Å². The zero-order valence-corrected chi connectivity index (χ0v) is 16.2. The van der Waals surface area contributed by atoms with Gasteiger partial charge in [0.2, 0.25) is 5.91 Å². The second kappa shape index (κ2) is 8.27. The maximum absolute atomic E-state index is 12.4. The molecule has 0 fully saturated rings. The van der Waals surface area contributed by atoms with E-state index in [4.69, 9.17) is 0 Å². The predicted molar refractivity (Wildman–Crippen MR) is 110 cm³/mol. The highest BCUT2D eigenvalue weighted by molar-refractivity contribution is 7.99. The van der Waals surface area contributed by atoms with Gasteiger partial charge in [0.15, 0.2) is 5.16 Å². The molecule has 0 unspecified atom stereocenters. The highest BCUT2D eigenvalue weighted by atomic mass is 32.2. The fourth-order valence-corrected chi connectivity index (χ4v) is 3.68. The highest BCUT2D eigenvalue weighted by Gasteiger charge is 2.12. The molecule has 0 saturated carbocycles. The molecule has 0 aliphatic rings. The number of hydrogen-bond acceptors (Lipinski definition) is 4. The van der Waals surface area contributed by atoms with Crippen molar-refractivity contribution in [2.24, 2.45) is 0 Å². The van der Waals surface area contributed by atoms with Crippen LogP contribution >= 0.6 is 11.8 Å². The van der Waals surface area contributed by atoms with E-state index in [1.54, 1.807) is 0 Å². The molecule has 1 amide bonds. The molecule has 3 rings (SSSR count). The topological polar surface area (TPSA) is 50.2 Å². The molecule has 0 bridgehead atoms. The monoisotopic (exact) mass is 368 g/mol. The summed E-state index contributed by atoms with van der Waals surface area (Å²) in [5.74, 6) is 0.304. The number of rotatable bonds is 7. The molecule has 0 spiro atoms. The van der Waals surface area contributed by atoms with E-state index in [9.17, 15) is 4.79 Å². The van der Waals surface area contributed by atoms with E-state index in [0.717, 1.165) is 40.7 Å². The molecule has 6 heteroatoms. The second-order valence-electron chi connectivity index (χ2n) is 6.03. The first kappa shape index (κ1) is 18.3. The summed E-state index contributed by atoms with van der Waals surface area (Å²) in [6.45, 7) is 5.94. The Hall–Kier alpha value is -2.47. The quantitative estimate of drug-likeness (QED) is 0.634. The Morgan fingerprint density at radius 1 is 1.19 bits per heavy atom. The van der Waals surface area contributed by atoms with E-state index in [-0.39, 0.29) is 5.91 Å². The van der Waals surface area contributed by atoms with Crippen molar-refractivity contribution in [3.63, 3.8) is 0 Å². The van der Waals surface area contributed by atoms with Gasteiger partial charge in [0.1, 0.15) is 0 Å². The summed E-state index contributed by atoms with van der Waals surface area (Å²) >= 11 is 1.47. The number of para-hydroxylation sites is 2. The van der Waals surface area contributed by atoms with E-state index in [0.29, 0.717) is 5.75 Å². The molecular weight excluding hydrogens is 344 g/mol. The number of nitrogens with one attached hydrogen (secondary N) is 1. The highest BCUT2D eigenvalue weighted by Crippen LogP contribution is 2.24. The van der Waals surface area contributed by atoms with Gasteiger partial charge in [-0.15, -0.1) is 0 Å². The molecule has 1 heterocycles. The Bertz CT molecular complexity index is 906. The number of thioether (sulfide) groups is 1. The van der Waals surface area contributed by atoms with Crippen LogP contribution in [0.15, 0.2) is 53.7 Å². The SMILES string of the molecule is CCN(C)c1cccc(NC(=O)CSc2nc3ccccc3n2CC)c1. The van der Waals surface area contributed by atoms with Crippen LogP contribution in [0.5, 0.6) is 0 Å². The van der Waals surface area contributed by atoms with Crippen molar-refractivity contribution in [2.75, 3.05) is 29.6 Å². The lowest BCUT2D eigenvalue weighted by Gasteiger charge is -2.17. The van der Waals surface area contributed by atoms with Gasteiger partial charge in [0.05, 0.1) is 16.8 Å². The number of carbonyl (C=O) groups is 1. The molecule has 0 atom stereocenters. The number of amides is 1. The molecular formula is C20H24N4OS. The predicted octanol–water partition coefficient (Wildman–Crippen LogP) is 4.24. The average Bonchev–Trinajstić information content (AvgIpc) is 3.03. The van der Waals surface area contributed by atoms with Gasteiger partial charge in [-0.1, -0.05) is 30.0 Å². The van der Waals surface area contributed by atoms with Crippen molar-refractivity contribution in [2.45, 2.75) is 25.5 Å². The first-order valence-electron chi connectivity index (χ1n) is 8.81. The molecule has 0 aliphatic carbocycles. The van der Waals surface area contributed by atoms with Crippen LogP contribution in [0, 0.1) is 0 Å². The van der Waals surface area contributed by atoms with E-state index >= 15 is 0 Å². The number of benzene rings is 2. The van der Waals surface area contributed by atoms with Gasteiger partial charge in [-0.3, -0.25) is 4.79 Å². The van der Waals surface area contributed by atoms with E-state index in [1.165, 1.54) is 11.8 Å². The summed E-state index contributed by atoms with van der Waals surface area (Å²) in [4.78, 5) is 19.2. The molecule has 0 saturated heterocycles. The lowest BCUT2D eigenvalue weighted by Crippen LogP contribution is -2.17. The summed E-state index contributed by atoms with van der Waals surface area (Å²) in [5.41, 5.74) is 3.98. The van der Waals surface area contributed by atoms with Gasteiger partial charge in [-0.25, -0.2) is 4.98 Å². The maximum Gasteiger partial charge on any atom is 0.234 e. The zero-order chi connectivity index (χ0) is 18.5. The Kier molecular flexibility index (Phi) is 5.83. The molecule has 2 aromatic carbocycles. The number of imidazole rings is 1.